The lowest BCUT2D eigenvalue weighted by atomic mass is 10.2. The molecule has 0 aliphatic rings. The van der Waals surface area contributed by atoms with Gasteiger partial charge in [0.15, 0.2) is 5.16 Å². The van der Waals surface area contributed by atoms with Crippen molar-refractivity contribution in [2.45, 2.75) is 24.4 Å². The normalized spacial score (nSPS) is 10.6. The van der Waals surface area contributed by atoms with Crippen molar-refractivity contribution >= 4 is 11.8 Å². The molecular weight excluding hydrogens is 249 g/mol. The Morgan fingerprint density at radius 1 is 1.33 bits per heavy atom. The Morgan fingerprint density at radius 3 is 2.72 bits per heavy atom. The molecule has 0 atom stereocenters. The third kappa shape index (κ3) is 2.98. The molecule has 18 heavy (non-hydrogen) atoms. The number of hydrogen-bond donors (Lipinski definition) is 0. The van der Waals surface area contributed by atoms with Crippen LogP contribution in [0.5, 0.6) is 0 Å². The van der Waals surface area contributed by atoms with E-state index in [0.717, 1.165) is 22.3 Å². The smallest absolute Gasteiger partial charge is 0.191 e. The molecular formula is C13H14FN3S. The first-order valence-corrected chi connectivity index (χ1v) is 6.57. The summed E-state index contributed by atoms with van der Waals surface area (Å²) in [5.41, 5.74) is 1.06. The lowest BCUT2D eigenvalue weighted by molar-refractivity contribution is 0.627. The first-order valence-electron chi connectivity index (χ1n) is 5.58. The molecule has 0 amide bonds. The van der Waals surface area contributed by atoms with Crippen molar-refractivity contribution in [1.29, 1.82) is 0 Å². The fourth-order valence-corrected chi connectivity index (χ4v) is 2.49. The molecule has 0 unspecified atom stereocenters. The number of halogens is 1. The standard InChI is InChI=1S/C13H14FN3S/c1-3-8-17-10(2)15-16-13(17)18-9-11-4-6-12(14)7-5-11/h3-7H,1,8-9H2,2H3. The number of rotatable bonds is 5. The Kier molecular flexibility index (Phi) is 4.15. The molecule has 0 saturated carbocycles. The summed E-state index contributed by atoms with van der Waals surface area (Å²) in [6.07, 6.45) is 1.82. The van der Waals surface area contributed by atoms with Crippen LogP contribution in [0.1, 0.15) is 11.4 Å². The molecule has 0 aliphatic carbocycles. The highest BCUT2D eigenvalue weighted by atomic mass is 32.2. The van der Waals surface area contributed by atoms with E-state index in [9.17, 15) is 4.39 Å². The van der Waals surface area contributed by atoms with Gasteiger partial charge in [-0.3, -0.25) is 0 Å². The zero-order valence-corrected chi connectivity index (χ0v) is 11.0. The summed E-state index contributed by atoms with van der Waals surface area (Å²) in [5, 5.41) is 9.03. The van der Waals surface area contributed by atoms with Crippen molar-refractivity contribution in [2.75, 3.05) is 0 Å². The van der Waals surface area contributed by atoms with Crippen LogP contribution in [0.4, 0.5) is 4.39 Å². The van der Waals surface area contributed by atoms with Gasteiger partial charge in [-0.2, -0.15) is 0 Å². The fourth-order valence-electron chi connectivity index (χ4n) is 1.54. The first-order chi connectivity index (χ1) is 8.70. The quantitative estimate of drug-likeness (QED) is 0.613. The van der Waals surface area contributed by atoms with Crippen molar-refractivity contribution in [2.24, 2.45) is 0 Å². The Labute approximate surface area is 110 Å². The van der Waals surface area contributed by atoms with Crippen molar-refractivity contribution in [3.63, 3.8) is 0 Å². The molecule has 0 spiro atoms. The van der Waals surface area contributed by atoms with Gasteiger partial charge in [0.05, 0.1) is 0 Å². The number of benzene rings is 1. The number of hydrogen-bond acceptors (Lipinski definition) is 3. The largest absolute Gasteiger partial charge is 0.302 e. The summed E-state index contributed by atoms with van der Waals surface area (Å²) in [6.45, 7) is 6.33. The van der Waals surface area contributed by atoms with Crippen molar-refractivity contribution in [3.05, 3.63) is 54.1 Å². The maximum absolute atomic E-state index is 12.8. The lowest BCUT2D eigenvalue weighted by Crippen LogP contribution is -2.00. The minimum absolute atomic E-state index is 0.214. The average molecular weight is 263 g/mol. The van der Waals surface area contributed by atoms with Crippen LogP contribution in [0.25, 0.3) is 0 Å². The predicted octanol–water partition coefficient (Wildman–Crippen LogP) is 3.20. The van der Waals surface area contributed by atoms with Gasteiger partial charge in [0.1, 0.15) is 11.6 Å². The lowest BCUT2D eigenvalue weighted by Gasteiger charge is -2.05. The third-order valence-corrected chi connectivity index (χ3v) is 3.53. The van der Waals surface area contributed by atoms with Crippen molar-refractivity contribution < 1.29 is 4.39 Å². The van der Waals surface area contributed by atoms with Crippen LogP contribution in [0.2, 0.25) is 0 Å². The summed E-state index contributed by atoms with van der Waals surface area (Å²) in [5.74, 6) is 1.40. The SMILES string of the molecule is C=CCn1c(C)nnc1SCc1ccc(F)cc1. The number of allylic oxidation sites excluding steroid dienone is 1. The van der Waals surface area contributed by atoms with Crippen molar-refractivity contribution in [1.82, 2.24) is 14.8 Å². The van der Waals surface area contributed by atoms with E-state index in [1.54, 1.807) is 23.9 Å². The molecule has 1 heterocycles. The van der Waals surface area contributed by atoms with E-state index in [4.69, 9.17) is 0 Å². The Morgan fingerprint density at radius 2 is 2.06 bits per heavy atom. The second-order valence-corrected chi connectivity index (χ2v) is 4.79. The molecule has 1 aromatic heterocycles. The highest BCUT2D eigenvalue weighted by Crippen LogP contribution is 2.21. The van der Waals surface area contributed by atoms with E-state index in [2.05, 4.69) is 16.8 Å². The summed E-state index contributed by atoms with van der Waals surface area (Å²) in [4.78, 5) is 0. The number of thioether (sulfide) groups is 1. The molecule has 2 rings (SSSR count). The molecule has 1 aromatic carbocycles. The van der Waals surface area contributed by atoms with Gasteiger partial charge in [-0.05, 0) is 24.6 Å². The average Bonchev–Trinajstić information content (AvgIpc) is 2.71. The van der Waals surface area contributed by atoms with Gasteiger partial charge in [-0.25, -0.2) is 4.39 Å². The maximum atomic E-state index is 12.8. The Hall–Kier alpha value is -1.62. The fraction of sp³-hybridized carbons (Fsp3) is 0.231. The predicted molar refractivity (Wildman–Crippen MR) is 70.9 cm³/mol. The first kappa shape index (κ1) is 12.8. The van der Waals surface area contributed by atoms with E-state index in [1.165, 1.54) is 12.1 Å². The number of aromatic nitrogens is 3. The van der Waals surface area contributed by atoms with E-state index >= 15 is 0 Å². The van der Waals surface area contributed by atoms with Crippen LogP contribution in [-0.2, 0) is 12.3 Å². The summed E-state index contributed by atoms with van der Waals surface area (Å²) < 4.78 is 14.8. The van der Waals surface area contributed by atoms with Gasteiger partial charge in [0, 0.05) is 12.3 Å². The van der Waals surface area contributed by atoms with Crippen LogP contribution < -0.4 is 0 Å². The highest BCUT2D eigenvalue weighted by molar-refractivity contribution is 7.98. The van der Waals surface area contributed by atoms with Gasteiger partial charge < -0.3 is 4.57 Å². The molecule has 0 fully saturated rings. The van der Waals surface area contributed by atoms with E-state index in [0.29, 0.717) is 6.54 Å². The summed E-state index contributed by atoms with van der Waals surface area (Å²) >= 11 is 1.59. The summed E-state index contributed by atoms with van der Waals surface area (Å²) in [6, 6.07) is 6.50. The molecule has 0 bridgehead atoms. The Bertz CT molecular complexity index is 534. The number of nitrogens with zero attached hydrogens (tertiary/aromatic N) is 3. The van der Waals surface area contributed by atoms with Crippen LogP contribution in [0, 0.1) is 12.7 Å². The highest BCUT2D eigenvalue weighted by Gasteiger charge is 2.08. The molecule has 5 heteroatoms. The van der Waals surface area contributed by atoms with Crippen LogP contribution in [0.15, 0.2) is 42.1 Å². The summed E-state index contributed by atoms with van der Waals surface area (Å²) in [7, 11) is 0. The molecule has 3 nitrogen and oxygen atoms in total. The Balaban J connectivity index is 2.05. The van der Waals surface area contributed by atoms with E-state index < -0.39 is 0 Å². The zero-order valence-electron chi connectivity index (χ0n) is 10.1. The van der Waals surface area contributed by atoms with Gasteiger partial charge in [-0.1, -0.05) is 30.0 Å². The molecule has 0 N–H and O–H groups in total. The second-order valence-electron chi connectivity index (χ2n) is 3.84. The minimum atomic E-state index is -0.214. The van der Waals surface area contributed by atoms with Gasteiger partial charge in [0.25, 0.3) is 0 Å². The molecule has 0 radical (unpaired) electrons. The van der Waals surface area contributed by atoms with Crippen LogP contribution in [-0.4, -0.2) is 14.8 Å². The topological polar surface area (TPSA) is 30.7 Å². The van der Waals surface area contributed by atoms with Gasteiger partial charge in [0.2, 0.25) is 0 Å². The van der Waals surface area contributed by atoms with Gasteiger partial charge >= 0.3 is 0 Å². The molecule has 0 aliphatic heterocycles. The van der Waals surface area contributed by atoms with E-state index in [1.807, 2.05) is 17.6 Å². The molecule has 94 valence electrons. The van der Waals surface area contributed by atoms with Crippen molar-refractivity contribution in [3.8, 4) is 0 Å². The third-order valence-electron chi connectivity index (χ3n) is 2.49. The molecule has 2 aromatic rings. The van der Waals surface area contributed by atoms with E-state index in [-0.39, 0.29) is 5.82 Å². The molecule has 0 saturated heterocycles. The second kappa shape index (κ2) is 5.82. The maximum Gasteiger partial charge on any atom is 0.191 e. The minimum Gasteiger partial charge on any atom is -0.302 e. The monoisotopic (exact) mass is 263 g/mol. The van der Waals surface area contributed by atoms with Crippen LogP contribution in [0.3, 0.4) is 0 Å². The number of aryl methyl sites for hydroxylation is 1. The van der Waals surface area contributed by atoms with Crippen LogP contribution >= 0.6 is 11.8 Å². The van der Waals surface area contributed by atoms with Gasteiger partial charge in [-0.15, -0.1) is 16.8 Å². The zero-order chi connectivity index (χ0) is 13.0.